The first-order valence-electron chi connectivity index (χ1n) is 11.9. The average molecular weight is 464 g/mol. The number of amides is 1. The fraction of sp³-hybridized carbons (Fsp3) is 0.393. The number of benzene rings is 2. The second-order valence-electron chi connectivity index (χ2n) is 8.72. The van der Waals surface area contributed by atoms with Gasteiger partial charge in [-0.15, -0.1) is 0 Å². The third-order valence-corrected chi connectivity index (χ3v) is 6.50. The molecule has 0 aliphatic heterocycles. The lowest BCUT2D eigenvalue weighted by molar-refractivity contribution is -0.117. The van der Waals surface area contributed by atoms with E-state index in [9.17, 15) is 4.79 Å². The quantitative estimate of drug-likeness (QED) is 0.398. The van der Waals surface area contributed by atoms with Crippen molar-refractivity contribution >= 4 is 22.4 Å². The molecule has 0 radical (unpaired) electrons. The molecule has 1 saturated carbocycles. The van der Waals surface area contributed by atoms with Crippen LogP contribution < -0.4 is 19.5 Å². The van der Waals surface area contributed by atoms with Crippen LogP contribution in [0.3, 0.4) is 0 Å². The van der Waals surface area contributed by atoms with Crippen molar-refractivity contribution in [3.05, 3.63) is 47.7 Å². The summed E-state index contributed by atoms with van der Waals surface area (Å²) < 4.78 is 23.1. The molecule has 1 aliphatic rings. The van der Waals surface area contributed by atoms with Crippen LogP contribution in [0, 0.1) is 6.92 Å². The van der Waals surface area contributed by atoms with Crippen molar-refractivity contribution in [2.24, 2.45) is 0 Å². The SMILES string of the molecule is CCOc1c(/C(C)=C/C(=O)NC2CCCC2)cc2c(-c3cc(OC)ccc3OC)coc2c1C. The van der Waals surface area contributed by atoms with Crippen molar-refractivity contribution in [3.8, 4) is 28.4 Å². The van der Waals surface area contributed by atoms with Crippen LogP contribution >= 0.6 is 0 Å². The van der Waals surface area contributed by atoms with Crippen LogP contribution in [0.5, 0.6) is 17.2 Å². The Hall–Kier alpha value is -3.41. The van der Waals surface area contributed by atoms with Gasteiger partial charge in [0.1, 0.15) is 22.8 Å². The van der Waals surface area contributed by atoms with Crippen LogP contribution in [0.1, 0.15) is 50.7 Å². The Bertz CT molecular complexity index is 1220. The van der Waals surface area contributed by atoms with Gasteiger partial charge < -0.3 is 23.9 Å². The zero-order valence-electron chi connectivity index (χ0n) is 20.6. The first-order chi connectivity index (χ1) is 16.5. The Morgan fingerprint density at radius 3 is 2.59 bits per heavy atom. The second kappa shape index (κ2) is 10.2. The number of rotatable bonds is 8. The van der Waals surface area contributed by atoms with Gasteiger partial charge in [0.2, 0.25) is 5.91 Å². The molecule has 0 atom stereocenters. The summed E-state index contributed by atoms with van der Waals surface area (Å²) in [4.78, 5) is 12.7. The number of methoxy groups -OCH3 is 2. The van der Waals surface area contributed by atoms with Gasteiger partial charge in [-0.05, 0) is 63.5 Å². The lowest BCUT2D eigenvalue weighted by Gasteiger charge is -2.16. The van der Waals surface area contributed by atoms with Crippen molar-refractivity contribution in [1.82, 2.24) is 5.32 Å². The van der Waals surface area contributed by atoms with Crippen molar-refractivity contribution in [2.75, 3.05) is 20.8 Å². The van der Waals surface area contributed by atoms with E-state index < -0.39 is 0 Å². The smallest absolute Gasteiger partial charge is 0.244 e. The molecule has 0 saturated heterocycles. The molecule has 1 amide bonds. The lowest BCUT2D eigenvalue weighted by Crippen LogP contribution is -2.31. The molecule has 6 nitrogen and oxygen atoms in total. The van der Waals surface area contributed by atoms with Gasteiger partial charge in [-0.25, -0.2) is 0 Å². The third kappa shape index (κ3) is 4.63. The Labute approximate surface area is 200 Å². The van der Waals surface area contributed by atoms with Crippen molar-refractivity contribution in [3.63, 3.8) is 0 Å². The van der Waals surface area contributed by atoms with Gasteiger partial charge in [-0.3, -0.25) is 4.79 Å². The Balaban J connectivity index is 1.83. The van der Waals surface area contributed by atoms with Crippen LogP contribution in [0.4, 0.5) is 0 Å². The van der Waals surface area contributed by atoms with E-state index in [0.717, 1.165) is 68.9 Å². The molecular formula is C28H33NO5. The first-order valence-corrected chi connectivity index (χ1v) is 11.9. The van der Waals surface area contributed by atoms with Gasteiger partial charge in [0.05, 0.1) is 27.1 Å². The zero-order valence-corrected chi connectivity index (χ0v) is 20.6. The number of aryl methyl sites for hydroxylation is 1. The number of fused-ring (bicyclic) bond motifs is 1. The highest BCUT2D eigenvalue weighted by molar-refractivity contribution is 6.02. The van der Waals surface area contributed by atoms with E-state index in [-0.39, 0.29) is 11.9 Å². The summed E-state index contributed by atoms with van der Waals surface area (Å²) in [5.41, 5.74) is 5.12. The maximum Gasteiger partial charge on any atom is 0.244 e. The van der Waals surface area contributed by atoms with Gasteiger partial charge in [-0.2, -0.15) is 0 Å². The van der Waals surface area contributed by atoms with Crippen LogP contribution in [0.25, 0.3) is 27.7 Å². The highest BCUT2D eigenvalue weighted by atomic mass is 16.5. The van der Waals surface area contributed by atoms with E-state index in [2.05, 4.69) is 5.32 Å². The van der Waals surface area contributed by atoms with E-state index >= 15 is 0 Å². The molecule has 2 aromatic carbocycles. The monoisotopic (exact) mass is 463 g/mol. The van der Waals surface area contributed by atoms with Crippen LogP contribution in [-0.2, 0) is 4.79 Å². The van der Waals surface area contributed by atoms with E-state index in [1.807, 2.05) is 45.0 Å². The van der Waals surface area contributed by atoms with Gasteiger partial charge in [0, 0.05) is 39.8 Å². The van der Waals surface area contributed by atoms with Crippen molar-refractivity contribution < 1.29 is 23.4 Å². The molecular weight excluding hydrogens is 430 g/mol. The van der Waals surface area contributed by atoms with Crippen LogP contribution in [0.2, 0.25) is 0 Å². The van der Waals surface area contributed by atoms with Gasteiger partial charge >= 0.3 is 0 Å². The minimum atomic E-state index is -0.0634. The van der Waals surface area contributed by atoms with Gasteiger partial charge in [0.15, 0.2) is 0 Å². The predicted molar refractivity (Wildman–Crippen MR) is 135 cm³/mol. The topological polar surface area (TPSA) is 69.9 Å². The third-order valence-electron chi connectivity index (χ3n) is 6.50. The summed E-state index contributed by atoms with van der Waals surface area (Å²) in [6.07, 6.45) is 7.86. The molecule has 0 spiro atoms. The summed E-state index contributed by atoms with van der Waals surface area (Å²) in [5.74, 6) is 2.12. The summed E-state index contributed by atoms with van der Waals surface area (Å²) in [7, 11) is 3.29. The Morgan fingerprint density at radius 1 is 1.15 bits per heavy atom. The molecule has 1 fully saturated rings. The minimum Gasteiger partial charge on any atom is -0.497 e. The number of nitrogens with one attached hydrogen (secondary N) is 1. The van der Waals surface area contributed by atoms with E-state index in [0.29, 0.717) is 6.61 Å². The van der Waals surface area contributed by atoms with Crippen LogP contribution in [-0.4, -0.2) is 32.8 Å². The molecule has 1 aromatic heterocycles. The number of hydrogen-bond donors (Lipinski definition) is 1. The van der Waals surface area contributed by atoms with Crippen LogP contribution in [0.15, 0.2) is 41.0 Å². The zero-order chi connectivity index (χ0) is 24.2. The van der Waals surface area contributed by atoms with Gasteiger partial charge in [0.25, 0.3) is 0 Å². The molecule has 34 heavy (non-hydrogen) atoms. The van der Waals surface area contributed by atoms with E-state index in [4.69, 9.17) is 18.6 Å². The molecule has 3 aromatic rings. The van der Waals surface area contributed by atoms with Crippen molar-refractivity contribution in [2.45, 2.75) is 52.5 Å². The maximum atomic E-state index is 12.7. The number of ether oxygens (including phenoxy) is 3. The van der Waals surface area contributed by atoms with E-state index in [1.54, 1.807) is 26.6 Å². The number of hydrogen-bond acceptors (Lipinski definition) is 5. The maximum absolute atomic E-state index is 12.7. The minimum absolute atomic E-state index is 0.0634. The summed E-state index contributed by atoms with van der Waals surface area (Å²) >= 11 is 0. The molecule has 1 aliphatic carbocycles. The fourth-order valence-electron chi connectivity index (χ4n) is 4.76. The fourth-order valence-corrected chi connectivity index (χ4v) is 4.76. The highest BCUT2D eigenvalue weighted by Gasteiger charge is 2.22. The number of carbonyl (C=O) groups excluding carboxylic acids is 1. The molecule has 0 bridgehead atoms. The molecule has 6 heteroatoms. The number of furan rings is 1. The summed E-state index contributed by atoms with van der Waals surface area (Å²) in [5, 5.41) is 4.06. The Morgan fingerprint density at radius 2 is 1.91 bits per heavy atom. The number of carbonyl (C=O) groups is 1. The number of allylic oxidation sites excluding steroid dienone is 1. The molecule has 0 unspecified atom stereocenters. The average Bonchev–Trinajstić information content (AvgIpc) is 3.50. The largest absolute Gasteiger partial charge is 0.497 e. The first kappa shape index (κ1) is 23.7. The highest BCUT2D eigenvalue weighted by Crippen LogP contribution is 2.43. The van der Waals surface area contributed by atoms with E-state index in [1.165, 1.54) is 12.8 Å². The molecule has 4 rings (SSSR count). The second-order valence-corrected chi connectivity index (χ2v) is 8.72. The van der Waals surface area contributed by atoms with Gasteiger partial charge in [-0.1, -0.05) is 12.8 Å². The summed E-state index contributed by atoms with van der Waals surface area (Å²) in [6, 6.07) is 8.00. The molecule has 180 valence electrons. The standard InChI is InChI=1S/C28H33NO5/c1-6-33-27-18(3)28-23(15-21(27)17(2)13-26(30)29-19-9-7-8-10-19)24(16-34-28)22-14-20(31-4)11-12-25(22)32-5/h11-16,19H,6-10H2,1-5H3,(H,29,30)/b17-13+. The molecule has 1 heterocycles. The lowest BCUT2D eigenvalue weighted by atomic mass is 9.96. The van der Waals surface area contributed by atoms with Crippen molar-refractivity contribution in [1.29, 1.82) is 0 Å². The summed E-state index contributed by atoms with van der Waals surface area (Å²) in [6.45, 7) is 6.40. The Kier molecular flexibility index (Phi) is 7.15. The molecule has 1 N–H and O–H groups in total. The predicted octanol–water partition coefficient (Wildman–Crippen LogP) is 6.29. The normalized spacial score (nSPS) is 14.4.